The van der Waals surface area contributed by atoms with Crippen LogP contribution in [0.1, 0.15) is 66.9 Å². The molecule has 40 heavy (non-hydrogen) atoms. The van der Waals surface area contributed by atoms with Gasteiger partial charge in [0.25, 0.3) is 5.91 Å². The van der Waals surface area contributed by atoms with Gasteiger partial charge in [0.15, 0.2) is 5.13 Å². The fourth-order valence-corrected chi connectivity index (χ4v) is 5.13. The first kappa shape index (κ1) is 31.5. The number of hydrogen-bond acceptors (Lipinski definition) is 9. The van der Waals surface area contributed by atoms with Gasteiger partial charge in [0.2, 0.25) is 5.91 Å². The van der Waals surface area contributed by atoms with Crippen molar-refractivity contribution in [1.82, 2.24) is 9.88 Å². The van der Waals surface area contributed by atoms with E-state index < -0.39 is 5.60 Å². The molecule has 4 N–H and O–H groups in total. The van der Waals surface area contributed by atoms with Crippen molar-refractivity contribution >= 4 is 40.1 Å². The topological polar surface area (TPSA) is 145 Å². The first-order chi connectivity index (χ1) is 19.1. The zero-order chi connectivity index (χ0) is 29.1. The number of carbonyl (C=O) groups is 3. The molecule has 2 heterocycles. The van der Waals surface area contributed by atoms with Gasteiger partial charge in [-0.3, -0.25) is 14.9 Å². The SMILES string of the molecule is Cc1sc(NC(=O)c2ccccc2NC(=O)CCOCCOCCN)nc1C1CCN(C(=O)OC(C)(C)C)CC1. The fourth-order valence-electron chi connectivity index (χ4n) is 4.24. The summed E-state index contributed by atoms with van der Waals surface area (Å²) < 4.78 is 16.1. The van der Waals surface area contributed by atoms with Gasteiger partial charge in [-0.2, -0.15) is 0 Å². The summed E-state index contributed by atoms with van der Waals surface area (Å²) in [5.41, 5.74) is 6.53. The molecular formula is C28H41N5O6S. The molecule has 0 aliphatic carbocycles. The quantitative estimate of drug-likeness (QED) is 0.320. The van der Waals surface area contributed by atoms with Crippen molar-refractivity contribution in [3.05, 3.63) is 40.4 Å². The Hall–Kier alpha value is -3.06. The van der Waals surface area contributed by atoms with Crippen LogP contribution in [-0.4, -0.2) is 79.5 Å². The molecule has 0 atom stereocenters. The molecule has 3 amide bonds. The number of aromatic nitrogens is 1. The molecule has 11 nitrogen and oxygen atoms in total. The highest BCUT2D eigenvalue weighted by atomic mass is 32.1. The number of ether oxygens (including phenoxy) is 3. The predicted molar refractivity (Wildman–Crippen MR) is 155 cm³/mol. The van der Waals surface area contributed by atoms with Crippen LogP contribution in [0.25, 0.3) is 0 Å². The van der Waals surface area contributed by atoms with Gasteiger partial charge in [0.05, 0.1) is 49.8 Å². The monoisotopic (exact) mass is 575 g/mol. The largest absolute Gasteiger partial charge is 0.444 e. The second-order valence-electron chi connectivity index (χ2n) is 10.5. The minimum atomic E-state index is -0.525. The van der Waals surface area contributed by atoms with Crippen LogP contribution in [0.3, 0.4) is 0 Å². The molecule has 0 unspecified atom stereocenters. The molecule has 12 heteroatoms. The number of para-hydroxylation sites is 1. The zero-order valence-electron chi connectivity index (χ0n) is 23.8. The van der Waals surface area contributed by atoms with Crippen LogP contribution in [0.5, 0.6) is 0 Å². The van der Waals surface area contributed by atoms with Gasteiger partial charge >= 0.3 is 6.09 Å². The maximum absolute atomic E-state index is 13.1. The molecule has 0 spiro atoms. The zero-order valence-corrected chi connectivity index (χ0v) is 24.6. The van der Waals surface area contributed by atoms with E-state index in [0.29, 0.717) is 55.8 Å². The third kappa shape index (κ3) is 9.84. The van der Waals surface area contributed by atoms with Gasteiger partial charge in [-0.15, -0.1) is 11.3 Å². The summed E-state index contributed by atoms with van der Waals surface area (Å²) in [6, 6.07) is 6.84. The molecule has 0 bridgehead atoms. The summed E-state index contributed by atoms with van der Waals surface area (Å²) in [6.07, 6.45) is 1.40. The summed E-state index contributed by atoms with van der Waals surface area (Å²) in [6.45, 7) is 10.7. The smallest absolute Gasteiger partial charge is 0.410 e. The molecule has 220 valence electrons. The number of piperidine rings is 1. The van der Waals surface area contributed by atoms with Crippen LogP contribution in [-0.2, 0) is 19.0 Å². The van der Waals surface area contributed by atoms with Crippen molar-refractivity contribution in [2.24, 2.45) is 5.73 Å². The lowest BCUT2D eigenvalue weighted by atomic mass is 9.93. The highest BCUT2D eigenvalue weighted by Gasteiger charge is 2.29. The Kier molecular flexibility index (Phi) is 11.9. The first-order valence-electron chi connectivity index (χ1n) is 13.6. The second-order valence-corrected chi connectivity index (χ2v) is 11.7. The molecule has 0 saturated carbocycles. The number of anilines is 2. The molecular weight excluding hydrogens is 534 g/mol. The summed E-state index contributed by atoms with van der Waals surface area (Å²) in [5, 5.41) is 6.18. The van der Waals surface area contributed by atoms with E-state index in [2.05, 4.69) is 10.6 Å². The van der Waals surface area contributed by atoms with E-state index in [1.807, 2.05) is 27.7 Å². The Morgan fingerprint density at radius 1 is 1.05 bits per heavy atom. The summed E-state index contributed by atoms with van der Waals surface area (Å²) in [5.74, 6) is -0.418. The van der Waals surface area contributed by atoms with Crippen LogP contribution in [0, 0.1) is 6.92 Å². The summed E-state index contributed by atoms with van der Waals surface area (Å²) in [7, 11) is 0. The van der Waals surface area contributed by atoms with Gasteiger partial charge in [-0.1, -0.05) is 12.1 Å². The average Bonchev–Trinajstić information content (AvgIpc) is 3.27. The maximum atomic E-state index is 13.1. The van der Waals surface area contributed by atoms with Crippen molar-refractivity contribution in [2.45, 2.75) is 58.5 Å². The Balaban J connectivity index is 1.52. The Labute approximate surface area is 239 Å². The van der Waals surface area contributed by atoms with E-state index in [1.165, 1.54) is 11.3 Å². The Bertz CT molecular complexity index is 1140. The van der Waals surface area contributed by atoms with Crippen molar-refractivity contribution in [2.75, 3.05) is 56.7 Å². The van der Waals surface area contributed by atoms with E-state index in [-0.39, 0.29) is 36.9 Å². The molecule has 1 aromatic carbocycles. The molecule has 1 aliphatic heterocycles. The van der Waals surface area contributed by atoms with Crippen molar-refractivity contribution in [3.63, 3.8) is 0 Å². The molecule has 1 aliphatic rings. The normalized spacial score (nSPS) is 14.2. The van der Waals surface area contributed by atoms with Crippen LogP contribution in [0.15, 0.2) is 24.3 Å². The van der Waals surface area contributed by atoms with E-state index >= 15 is 0 Å². The standard InChI is InChI=1S/C28H41N5O6S/c1-19-24(20-9-13-33(14-10-20)27(36)39-28(2,3)4)31-26(40-19)32-25(35)21-7-5-6-8-22(21)30-23(34)11-15-37-17-18-38-16-12-29/h5-8,20H,9-18,29H2,1-4H3,(H,30,34)(H,31,32,35). The number of thiazole rings is 1. The number of nitrogens with one attached hydrogen (secondary N) is 2. The van der Waals surface area contributed by atoms with Crippen LogP contribution >= 0.6 is 11.3 Å². The van der Waals surface area contributed by atoms with Gasteiger partial charge in [-0.25, -0.2) is 9.78 Å². The predicted octanol–water partition coefficient (Wildman–Crippen LogP) is 4.14. The molecule has 1 fully saturated rings. The third-order valence-corrected chi connectivity index (χ3v) is 7.04. The third-order valence-electron chi connectivity index (χ3n) is 6.14. The average molecular weight is 576 g/mol. The fraction of sp³-hybridized carbons (Fsp3) is 0.571. The number of amides is 3. The second kappa shape index (κ2) is 15.1. The Morgan fingerprint density at radius 2 is 1.73 bits per heavy atom. The first-order valence-corrected chi connectivity index (χ1v) is 14.4. The van der Waals surface area contributed by atoms with Crippen LogP contribution in [0.2, 0.25) is 0 Å². The lowest BCUT2D eigenvalue weighted by Gasteiger charge is -2.33. The number of likely N-dealkylation sites (tertiary alicyclic amines) is 1. The van der Waals surface area contributed by atoms with E-state index in [0.717, 1.165) is 23.4 Å². The number of nitrogens with two attached hydrogens (primary N) is 1. The van der Waals surface area contributed by atoms with Gasteiger partial charge in [0, 0.05) is 30.4 Å². The van der Waals surface area contributed by atoms with E-state index in [9.17, 15) is 14.4 Å². The molecule has 2 aromatic rings. The molecule has 1 saturated heterocycles. The van der Waals surface area contributed by atoms with Crippen molar-refractivity contribution < 1.29 is 28.6 Å². The van der Waals surface area contributed by atoms with Crippen molar-refractivity contribution in [3.8, 4) is 0 Å². The number of hydrogen-bond donors (Lipinski definition) is 3. The van der Waals surface area contributed by atoms with Crippen LogP contribution < -0.4 is 16.4 Å². The number of carbonyl (C=O) groups excluding carboxylic acids is 3. The highest BCUT2D eigenvalue weighted by molar-refractivity contribution is 7.15. The number of nitrogens with zero attached hydrogens (tertiary/aromatic N) is 2. The number of aryl methyl sites for hydroxylation is 1. The molecule has 3 rings (SSSR count). The lowest BCUT2D eigenvalue weighted by Crippen LogP contribution is -2.41. The van der Waals surface area contributed by atoms with Crippen molar-refractivity contribution in [1.29, 1.82) is 0 Å². The van der Waals surface area contributed by atoms with E-state index in [4.69, 9.17) is 24.9 Å². The van der Waals surface area contributed by atoms with Gasteiger partial charge in [-0.05, 0) is 52.7 Å². The maximum Gasteiger partial charge on any atom is 0.410 e. The number of benzene rings is 1. The van der Waals surface area contributed by atoms with E-state index in [1.54, 1.807) is 29.2 Å². The minimum Gasteiger partial charge on any atom is -0.444 e. The highest BCUT2D eigenvalue weighted by Crippen LogP contribution is 2.34. The van der Waals surface area contributed by atoms with Crippen LogP contribution in [0.4, 0.5) is 15.6 Å². The number of rotatable bonds is 12. The molecule has 1 aromatic heterocycles. The summed E-state index contributed by atoms with van der Waals surface area (Å²) >= 11 is 1.42. The summed E-state index contributed by atoms with van der Waals surface area (Å²) in [4.78, 5) is 45.4. The molecule has 0 radical (unpaired) electrons. The minimum absolute atomic E-state index is 0.147. The Morgan fingerprint density at radius 3 is 2.40 bits per heavy atom. The lowest BCUT2D eigenvalue weighted by molar-refractivity contribution is -0.117. The van der Waals surface area contributed by atoms with Gasteiger partial charge < -0.3 is 30.2 Å². The van der Waals surface area contributed by atoms with Gasteiger partial charge in [0.1, 0.15) is 5.60 Å².